The summed E-state index contributed by atoms with van der Waals surface area (Å²) in [6.45, 7) is 0. The largest absolute Gasteiger partial charge is 0.695 e. The first-order valence-electron chi connectivity index (χ1n) is 5.63. The van der Waals surface area contributed by atoms with Crippen molar-refractivity contribution < 1.29 is 45.1 Å². The van der Waals surface area contributed by atoms with E-state index in [1.807, 2.05) is 5.32 Å². The summed E-state index contributed by atoms with van der Waals surface area (Å²) in [6, 6.07) is -0.543. The number of carbonyl (C=O) groups is 1. The summed E-state index contributed by atoms with van der Waals surface area (Å²) in [6.07, 6.45) is -14.2. The Bertz CT molecular complexity index is 403. The molecule has 0 aliphatic heterocycles. The average molecular weight is 342 g/mol. The SMILES string of the molecule is O=C(NC1CC1)C(CC(F)(F)F)(CC(F)(F)F)O[P+](=O)O. The van der Waals surface area contributed by atoms with Crippen LogP contribution in [0.2, 0.25) is 0 Å². The van der Waals surface area contributed by atoms with Gasteiger partial charge < -0.3 is 5.32 Å². The molecule has 0 heterocycles. The number of carbonyl (C=O) groups excluding carboxylic acids is 1. The molecule has 0 spiro atoms. The van der Waals surface area contributed by atoms with E-state index in [1.54, 1.807) is 0 Å². The van der Waals surface area contributed by atoms with E-state index in [1.165, 1.54) is 0 Å². The van der Waals surface area contributed by atoms with Crippen molar-refractivity contribution in [1.29, 1.82) is 0 Å². The van der Waals surface area contributed by atoms with Gasteiger partial charge in [0.1, 0.15) is 0 Å². The van der Waals surface area contributed by atoms with Gasteiger partial charge in [-0.1, -0.05) is 0 Å². The smallest absolute Gasteiger partial charge is 0.351 e. The maximum absolute atomic E-state index is 12.5. The summed E-state index contributed by atoms with van der Waals surface area (Å²) >= 11 is 0. The third kappa shape index (κ3) is 6.58. The second-order valence-electron chi connectivity index (χ2n) is 4.66. The van der Waals surface area contributed by atoms with Crippen LogP contribution in [-0.4, -0.2) is 34.8 Å². The Hall–Kier alpha value is -0.930. The van der Waals surface area contributed by atoms with Crippen molar-refractivity contribution in [2.24, 2.45) is 0 Å². The third-order valence-electron chi connectivity index (χ3n) is 2.55. The fourth-order valence-electron chi connectivity index (χ4n) is 1.67. The van der Waals surface area contributed by atoms with Gasteiger partial charge in [0.25, 0.3) is 5.91 Å². The molecule has 0 aromatic heterocycles. The number of halogens is 6. The second kappa shape index (κ2) is 6.05. The second-order valence-corrected chi connectivity index (χ2v) is 5.31. The van der Waals surface area contributed by atoms with Crippen LogP contribution in [-0.2, 0) is 13.9 Å². The Morgan fingerprint density at radius 1 is 1.14 bits per heavy atom. The van der Waals surface area contributed by atoms with Gasteiger partial charge in [0, 0.05) is 10.6 Å². The van der Waals surface area contributed by atoms with E-state index in [2.05, 4.69) is 4.52 Å². The van der Waals surface area contributed by atoms with E-state index in [0.717, 1.165) is 0 Å². The van der Waals surface area contributed by atoms with E-state index in [0.29, 0.717) is 12.8 Å². The molecule has 21 heavy (non-hydrogen) atoms. The lowest BCUT2D eigenvalue weighted by molar-refractivity contribution is -0.211. The van der Waals surface area contributed by atoms with Crippen LogP contribution in [0, 0.1) is 0 Å². The van der Waals surface area contributed by atoms with Crippen LogP contribution in [0.4, 0.5) is 26.3 Å². The average Bonchev–Trinajstić information content (AvgIpc) is 2.93. The fourth-order valence-corrected chi connectivity index (χ4v) is 2.18. The van der Waals surface area contributed by atoms with Crippen LogP contribution < -0.4 is 5.32 Å². The molecule has 0 saturated heterocycles. The summed E-state index contributed by atoms with van der Waals surface area (Å²) in [7, 11) is -3.84. The Morgan fingerprint density at radius 3 is 1.86 bits per heavy atom. The lowest BCUT2D eigenvalue weighted by Crippen LogP contribution is -2.53. The molecule has 5 nitrogen and oxygen atoms in total. The van der Waals surface area contributed by atoms with Crippen LogP contribution in [0.3, 0.4) is 0 Å². The lowest BCUT2D eigenvalue weighted by atomic mass is 9.93. The molecular weight excluding hydrogens is 331 g/mol. The number of hydrogen-bond donors (Lipinski definition) is 2. The van der Waals surface area contributed by atoms with Crippen LogP contribution in [0.5, 0.6) is 0 Å². The summed E-state index contributed by atoms with van der Waals surface area (Å²) in [4.78, 5) is 20.3. The fraction of sp³-hybridized carbons (Fsp3) is 0.889. The quantitative estimate of drug-likeness (QED) is 0.575. The molecule has 12 heteroatoms. The first kappa shape index (κ1) is 18.1. The normalized spacial score (nSPS) is 17.6. The molecule has 1 fully saturated rings. The molecule has 0 aromatic carbocycles. The number of amides is 1. The molecule has 0 aromatic rings. The molecular formula is C9H11F6NO4P+. The molecule has 1 unspecified atom stereocenters. The Morgan fingerprint density at radius 2 is 1.57 bits per heavy atom. The van der Waals surface area contributed by atoms with Crippen molar-refractivity contribution in [1.82, 2.24) is 5.32 Å². The molecule has 0 bridgehead atoms. The molecule has 1 aliphatic rings. The van der Waals surface area contributed by atoms with Gasteiger partial charge in [-0.2, -0.15) is 26.3 Å². The standard InChI is InChI=1S/C9H10F6NO4P/c10-8(11,12)3-7(20-21(18)19,4-9(13,14)15)6(17)16-5-1-2-5/h5H,1-4H2,(H-,16,17,18,19)/p+1. The van der Waals surface area contributed by atoms with E-state index >= 15 is 0 Å². The highest BCUT2D eigenvalue weighted by Crippen LogP contribution is 2.43. The number of alkyl halides is 6. The molecule has 1 amide bonds. The predicted molar refractivity (Wildman–Crippen MR) is 56.2 cm³/mol. The van der Waals surface area contributed by atoms with Gasteiger partial charge in [0.2, 0.25) is 5.60 Å². The van der Waals surface area contributed by atoms with Gasteiger partial charge in [0.15, 0.2) is 0 Å². The zero-order valence-electron chi connectivity index (χ0n) is 10.3. The van der Waals surface area contributed by atoms with Crippen molar-refractivity contribution in [3.05, 3.63) is 0 Å². The molecule has 122 valence electrons. The topological polar surface area (TPSA) is 75.6 Å². The minimum absolute atomic E-state index is 0.408. The van der Waals surface area contributed by atoms with Crippen molar-refractivity contribution >= 4 is 14.2 Å². The molecule has 1 saturated carbocycles. The lowest BCUT2D eigenvalue weighted by Gasteiger charge is -2.28. The highest BCUT2D eigenvalue weighted by molar-refractivity contribution is 7.32. The first-order chi connectivity index (χ1) is 9.33. The highest BCUT2D eigenvalue weighted by Gasteiger charge is 2.60. The zero-order chi connectivity index (χ0) is 16.5. The predicted octanol–water partition coefficient (Wildman–Crippen LogP) is 2.57. The van der Waals surface area contributed by atoms with Gasteiger partial charge in [-0.25, -0.2) is 0 Å². The van der Waals surface area contributed by atoms with Gasteiger partial charge >= 0.3 is 20.6 Å². The van der Waals surface area contributed by atoms with Crippen LogP contribution >= 0.6 is 8.25 Å². The summed E-state index contributed by atoms with van der Waals surface area (Å²) in [5.41, 5.74) is -3.51. The van der Waals surface area contributed by atoms with Crippen molar-refractivity contribution in [3.8, 4) is 0 Å². The summed E-state index contributed by atoms with van der Waals surface area (Å²) in [5, 5.41) is 1.94. The highest BCUT2D eigenvalue weighted by atomic mass is 31.1. The van der Waals surface area contributed by atoms with Gasteiger partial charge in [0.05, 0.1) is 12.8 Å². The van der Waals surface area contributed by atoms with E-state index in [-0.39, 0.29) is 0 Å². The van der Waals surface area contributed by atoms with Crippen molar-refractivity contribution in [2.75, 3.05) is 0 Å². The van der Waals surface area contributed by atoms with E-state index < -0.39 is 51.0 Å². The zero-order valence-corrected chi connectivity index (χ0v) is 11.2. The molecule has 0 radical (unpaired) electrons. The number of hydrogen-bond acceptors (Lipinski definition) is 3. The van der Waals surface area contributed by atoms with E-state index in [9.17, 15) is 35.7 Å². The number of rotatable bonds is 6. The van der Waals surface area contributed by atoms with Crippen molar-refractivity contribution in [3.63, 3.8) is 0 Å². The minimum Gasteiger partial charge on any atom is -0.351 e. The minimum atomic E-state index is -5.20. The molecule has 1 rings (SSSR count). The van der Waals surface area contributed by atoms with Crippen LogP contribution in [0.15, 0.2) is 0 Å². The Labute approximate surface area is 115 Å². The van der Waals surface area contributed by atoms with Gasteiger partial charge in [-0.3, -0.25) is 4.79 Å². The maximum atomic E-state index is 12.5. The first-order valence-corrected chi connectivity index (χ1v) is 6.76. The van der Waals surface area contributed by atoms with Gasteiger partial charge in [-0.05, 0) is 12.8 Å². The van der Waals surface area contributed by atoms with Crippen molar-refractivity contribution in [2.45, 2.75) is 49.7 Å². The maximum Gasteiger partial charge on any atom is 0.695 e. The summed E-state index contributed by atoms with van der Waals surface area (Å²) < 4.78 is 89.4. The third-order valence-corrected chi connectivity index (χ3v) is 3.06. The monoisotopic (exact) mass is 342 g/mol. The van der Waals surface area contributed by atoms with Crippen LogP contribution in [0.25, 0.3) is 0 Å². The molecule has 2 N–H and O–H groups in total. The van der Waals surface area contributed by atoms with Gasteiger partial charge in [-0.15, -0.1) is 9.42 Å². The summed E-state index contributed by atoms with van der Waals surface area (Å²) in [5.74, 6) is -1.70. The Kier molecular flexibility index (Phi) is 5.22. The van der Waals surface area contributed by atoms with Crippen LogP contribution in [0.1, 0.15) is 25.7 Å². The Balaban J connectivity index is 3.10. The number of nitrogens with one attached hydrogen (secondary N) is 1. The van der Waals surface area contributed by atoms with E-state index in [4.69, 9.17) is 4.89 Å². The molecule has 1 aliphatic carbocycles. The molecule has 1 atom stereocenters.